The Morgan fingerprint density at radius 3 is 2.50 bits per heavy atom. The van der Waals surface area contributed by atoms with E-state index in [9.17, 15) is 0 Å². The Labute approximate surface area is 118 Å². The zero-order valence-electron chi connectivity index (χ0n) is 11.1. The van der Waals surface area contributed by atoms with Crippen LogP contribution in [0.1, 0.15) is 5.56 Å². The van der Waals surface area contributed by atoms with Gasteiger partial charge in [0.05, 0.1) is 0 Å². The molecule has 100 valence electrons. The minimum absolute atomic E-state index is 0.614. The van der Waals surface area contributed by atoms with Crippen molar-refractivity contribution >= 4 is 0 Å². The number of nitrogens with two attached hydrogens (primary N) is 1. The molecule has 0 spiro atoms. The van der Waals surface area contributed by atoms with Crippen LogP contribution in [0.4, 0.5) is 0 Å². The number of aromatic nitrogens is 1. The van der Waals surface area contributed by atoms with Crippen molar-refractivity contribution < 1.29 is 4.42 Å². The molecule has 3 heteroatoms. The molecule has 0 aliphatic rings. The Bertz CT molecular complexity index is 689. The van der Waals surface area contributed by atoms with E-state index in [1.165, 1.54) is 0 Å². The molecule has 1 heterocycles. The molecule has 1 aromatic heterocycles. The summed E-state index contributed by atoms with van der Waals surface area (Å²) in [6.07, 6.45) is 2.52. The Hall–Kier alpha value is -2.39. The van der Waals surface area contributed by atoms with E-state index in [1.54, 1.807) is 6.26 Å². The number of benzene rings is 2. The van der Waals surface area contributed by atoms with Crippen LogP contribution in [0.3, 0.4) is 0 Å². The molecule has 3 rings (SSSR count). The van der Waals surface area contributed by atoms with Crippen molar-refractivity contribution in [1.29, 1.82) is 0 Å². The average molecular weight is 264 g/mol. The van der Waals surface area contributed by atoms with E-state index in [0.717, 1.165) is 28.8 Å². The SMILES string of the molecule is NCCc1ccccc1-c1nc(-c2ccccc2)co1. The minimum atomic E-state index is 0.614. The van der Waals surface area contributed by atoms with Crippen molar-refractivity contribution in [2.75, 3.05) is 6.54 Å². The van der Waals surface area contributed by atoms with Crippen LogP contribution < -0.4 is 5.73 Å². The van der Waals surface area contributed by atoms with Gasteiger partial charge in [-0.1, -0.05) is 48.5 Å². The molecule has 0 amide bonds. The van der Waals surface area contributed by atoms with Gasteiger partial charge in [0.2, 0.25) is 5.89 Å². The lowest BCUT2D eigenvalue weighted by Gasteiger charge is -2.04. The second-order valence-corrected chi connectivity index (χ2v) is 4.60. The third-order valence-electron chi connectivity index (χ3n) is 3.24. The Kier molecular flexibility index (Phi) is 3.61. The summed E-state index contributed by atoms with van der Waals surface area (Å²) >= 11 is 0. The van der Waals surface area contributed by atoms with Crippen molar-refractivity contribution in [3.8, 4) is 22.7 Å². The van der Waals surface area contributed by atoms with Crippen LogP contribution in [-0.2, 0) is 6.42 Å². The van der Waals surface area contributed by atoms with Crippen LogP contribution in [0.25, 0.3) is 22.7 Å². The van der Waals surface area contributed by atoms with E-state index in [0.29, 0.717) is 12.4 Å². The lowest BCUT2D eigenvalue weighted by Crippen LogP contribution is -2.03. The third kappa shape index (κ3) is 2.49. The van der Waals surface area contributed by atoms with Gasteiger partial charge in [-0.2, -0.15) is 0 Å². The van der Waals surface area contributed by atoms with Gasteiger partial charge in [0.25, 0.3) is 0 Å². The fraction of sp³-hybridized carbons (Fsp3) is 0.118. The van der Waals surface area contributed by atoms with Gasteiger partial charge in [0, 0.05) is 11.1 Å². The highest BCUT2D eigenvalue weighted by Crippen LogP contribution is 2.27. The molecule has 20 heavy (non-hydrogen) atoms. The fourth-order valence-corrected chi connectivity index (χ4v) is 2.24. The maximum Gasteiger partial charge on any atom is 0.226 e. The molecule has 2 N–H and O–H groups in total. The van der Waals surface area contributed by atoms with E-state index in [4.69, 9.17) is 10.2 Å². The summed E-state index contributed by atoms with van der Waals surface area (Å²) < 4.78 is 5.64. The van der Waals surface area contributed by atoms with Crippen LogP contribution in [0.15, 0.2) is 65.3 Å². The first kappa shape index (κ1) is 12.6. The summed E-state index contributed by atoms with van der Waals surface area (Å²) in [6, 6.07) is 18.1. The molecule has 0 saturated carbocycles. The molecule has 0 fully saturated rings. The fourth-order valence-electron chi connectivity index (χ4n) is 2.24. The van der Waals surface area contributed by atoms with Gasteiger partial charge in [-0.15, -0.1) is 0 Å². The molecular formula is C17H16N2O. The lowest BCUT2D eigenvalue weighted by molar-refractivity contribution is 0.574. The summed E-state index contributed by atoms with van der Waals surface area (Å²) in [5.41, 5.74) is 9.73. The van der Waals surface area contributed by atoms with Crippen molar-refractivity contribution in [2.45, 2.75) is 6.42 Å². The highest BCUT2D eigenvalue weighted by Gasteiger charge is 2.11. The first-order valence-electron chi connectivity index (χ1n) is 6.68. The molecule has 0 atom stereocenters. The number of nitrogens with zero attached hydrogens (tertiary/aromatic N) is 1. The maximum atomic E-state index is 5.65. The van der Waals surface area contributed by atoms with Gasteiger partial charge < -0.3 is 10.2 Å². The van der Waals surface area contributed by atoms with E-state index in [2.05, 4.69) is 11.1 Å². The van der Waals surface area contributed by atoms with Crippen LogP contribution in [-0.4, -0.2) is 11.5 Å². The molecule has 0 unspecified atom stereocenters. The average Bonchev–Trinajstić information content (AvgIpc) is 2.99. The molecule has 3 nitrogen and oxygen atoms in total. The Morgan fingerprint density at radius 1 is 0.950 bits per heavy atom. The van der Waals surface area contributed by atoms with Gasteiger partial charge in [0.15, 0.2) is 0 Å². The second kappa shape index (κ2) is 5.72. The van der Waals surface area contributed by atoms with Crippen molar-refractivity contribution in [2.24, 2.45) is 5.73 Å². The number of hydrogen-bond donors (Lipinski definition) is 1. The van der Waals surface area contributed by atoms with Gasteiger partial charge in [-0.25, -0.2) is 4.98 Å². The smallest absolute Gasteiger partial charge is 0.226 e. The largest absolute Gasteiger partial charge is 0.444 e. The second-order valence-electron chi connectivity index (χ2n) is 4.60. The topological polar surface area (TPSA) is 52.0 Å². The Balaban J connectivity index is 1.98. The van der Waals surface area contributed by atoms with Gasteiger partial charge >= 0.3 is 0 Å². The minimum Gasteiger partial charge on any atom is -0.444 e. The normalized spacial score (nSPS) is 10.7. The summed E-state index contributed by atoms with van der Waals surface area (Å²) in [5.74, 6) is 0.646. The van der Waals surface area contributed by atoms with Crippen molar-refractivity contribution in [3.63, 3.8) is 0 Å². The summed E-state index contributed by atoms with van der Waals surface area (Å²) in [4.78, 5) is 4.59. The molecule has 0 aliphatic heterocycles. The van der Waals surface area contributed by atoms with Crippen LogP contribution in [0.5, 0.6) is 0 Å². The zero-order valence-corrected chi connectivity index (χ0v) is 11.1. The molecule has 3 aromatic rings. The van der Waals surface area contributed by atoms with Gasteiger partial charge in [-0.05, 0) is 24.6 Å². The Morgan fingerprint density at radius 2 is 1.70 bits per heavy atom. The van der Waals surface area contributed by atoms with Crippen molar-refractivity contribution in [3.05, 3.63) is 66.4 Å². The summed E-state index contributed by atoms with van der Waals surface area (Å²) in [7, 11) is 0. The van der Waals surface area contributed by atoms with Gasteiger partial charge in [-0.3, -0.25) is 0 Å². The first-order valence-corrected chi connectivity index (χ1v) is 6.68. The molecule has 0 aliphatic carbocycles. The van der Waals surface area contributed by atoms with E-state index >= 15 is 0 Å². The lowest BCUT2D eigenvalue weighted by atomic mass is 10.0. The number of rotatable bonds is 4. The molecule has 0 radical (unpaired) electrons. The summed E-state index contributed by atoms with van der Waals surface area (Å²) in [5, 5.41) is 0. The molecule has 2 aromatic carbocycles. The zero-order chi connectivity index (χ0) is 13.8. The highest BCUT2D eigenvalue weighted by molar-refractivity contribution is 5.64. The standard InChI is InChI=1S/C17H16N2O/c18-11-10-13-6-4-5-9-15(13)17-19-16(12-20-17)14-7-2-1-3-8-14/h1-9,12H,10-11,18H2. The van der Waals surface area contributed by atoms with Crippen molar-refractivity contribution in [1.82, 2.24) is 4.98 Å². The summed E-state index contributed by atoms with van der Waals surface area (Å²) in [6.45, 7) is 0.614. The molecule has 0 bridgehead atoms. The predicted octanol–water partition coefficient (Wildman–Crippen LogP) is 3.51. The van der Waals surface area contributed by atoms with E-state index in [-0.39, 0.29) is 0 Å². The quantitative estimate of drug-likeness (QED) is 0.784. The van der Waals surface area contributed by atoms with E-state index < -0.39 is 0 Å². The predicted molar refractivity (Wildman–Crippen MR) is 80.1 cm³/mol. The monoisotopic (exact) mass is 264 g/mol. The number of oxazole rings is 1. The molecular weight excluding hydrogens is 248 g/mol. The number of hydrogen-bond acceptors (Lipinski definition) is 3. The maximum absolute atomic E-state index is 5.65. The first-order chi connectivity index (χ1) is 9.88. The van der Waals surface area contributed by atoms with Gasteiger partial charge in [0.1, 0.15) is 12.0 Å². The highest BCUT2D eigenvalue weighted by atomic mass is 16.3. The van der Waals surface area contributed by atoms with Crippen LogP contribution >= 0.6 is 0 Å². The molecule has 0 saturated heterocycles. The van der Waals surface area contributed by atoms with E-state index in [1.807, 2.05) is 48.5 Å². The third-order valence-corrected chi connectivity index (χ3v) is 3.24. The van der Waals surface area contributed by atoms with Crippen LogP contribution in [0.2, 0.25) is 0 Å². The van der Waals surface area contributed by atoms with Crippen LogP contribution in [0, 0.1) is 0 Å².